The molecule has 3 nitrogen and oxygen atoms in total. The molecule has 8 heteroatoms. The zero-order valence-corrected chi connectivity index (χ0v) is 26.8. The number of aliphatic hydroxyl groups is 1. The number of hydrogen-bond acceptors (Lipinski definition) is 3. The van der Waals surface area contributed by atoms with Crippen LogP contribution in [0.25, 0.3) is 0 Å². The third kappa shape index (κ3) is 6.03. The van der Waals surface area contributed by atoms with Crippen LogP contribution >= 0.6 is 22.6 Å². The number of aromatic nitrogens is 1. The number of hydrogen-bond donors (Lipinski definition) is 1. The van der Waals surface area contributed by atoms with Crippen LogP contribution in [0, 0.1) is 8.99 Å². The fourth-order valence-corrected chi connectivity index (χ4v) is 8.16. The highest BCUT2D eigenvalue weighted by Crippen LogP contribution is 2.51. The van der Waals surface area contributed by atoms with Gasteiger partial charge in [-0.2, -0.15) is 13.2 Å². The molecule has 2 aliphatic rings. The van der Waals surface area contributed by atoms with Gasteiger partial charge in [-0.3, -0.25) is 4.98 Å². The van der Waals surface area contributed by atoms with E-state index in [0.717, 1.165) is 76.7 Å². The summed E-state index contributed by atoms with van der Waals surface area (Å²) in [5.74, 6) is 0.248. The van der Waals surface area contributed by atoms with Gasteiger partial charge < -0.3 is 9.53 Å². The molecular weight excluding hydrogens is 618 g/mol. The van der Waals surface area contributed by atoms with Crippen molar-refractivity contribution in [2.45, 2.75) is 116 Å². The van der Waals surface area contributed by atoms with Crippen molar-refractivity contribution in [1.29, 1.82) is 0 Å². The summed E-state index contributed by atoms with van der Waals surface area (Å²) in [6.45, 7) is 15.8. The number of aliphatic hydroxyl groups excluding tert-OH is 1. The number of halogens is 4. The van der Waals surface area contributed by atoms with Crippen LogP contribution in [-0.2, 0) is 17.0 Å². The van der Waals surface area contributed by atoms with Crippen molar-refractivity contribution in [3.8, 4) is 0 Å². The van der Waals surface area contributed by atoms with Crippen LogP contribution in [0.15, 0.2) is 24.3 Å². The molecule has 210 valence electrons. The van der Waals surface area contributed by atoms with E-state index in [2.05, 4.69) is 70.3 Å². The van der Waals surface area contributed by atoms with E-state index < -0.39 is 26.2 Å². The van der Waals surface area contributed by atoms with Crippen LogP contribution in [0.5, 0.6) is 0 Å². The van der Waals surface area contributed by atoms with E-state index >= 15 is 0 Å². The molecule has 1 heterocycles. The van der Waals surface area contributed by atoms with Gasteiger partial charge in [0.1, 0.15) is 6.10 Å². The summed E-state index contributed by atoms with van der Waals surface area (Å²) in [5.41, 5.74) is 3.55. The van der Waals surface area contributed by atoms with Crippen molar-refractivity contribution in [2.75, 3.05) is 0 Å². The zero-order valence-electron chi connectivity index (χ0n) is 23.6. The SMILES string of the molecule is CC1(C)Cc2nc(C3CCCC3)c([C@@H](O)c3ccc(C(F)(F)F)cc3)c(I)c2[C@@H](O[Si](C)(C)C(C)(C)C)C1. The Balaban J connectivity index is 1.87. The fourth-order valence-electron chi connectivity index (χ4n) is 5.67. The maximum absolute atomic E-state index is 13.2. The maximum atomic E-state index is 13.2. The van der Waals surface area contributed by atoms with Gasteiger partial charge in [0.25, 0.3) is 0 Å². The number of benzene rings is 1. The molecule has 2 atom stereocenters. The Morgan fingerprint density at radius 3 is 2.18 bits per heavy atom. The predicted octanol–water partition coefficient (Wildman–Crippen LogP) is 9.48. The lowest BCUT2D eigenvalue weighted by molar-refractivity contribution is -0.137. The quantitative estimate of drug-likeness (QED) is 0.257. The minimum absolute atomic E-state index is 0.0244. The van der Waals surface area contributed by atoms with Crippen molar-refractivity contribution < 1.29 is 22.7 Å². The molecule has 1 fully saturated rings. The van der Waals surface area contributed by atoms with Crippen molar-refractivity contribution in [3.05, 3.63) is 61.5 Å². The summed E-state index contributed by atoms with van der Waals surface area (Å²) in [6, 6.07) is 4.90. The molecule has 0 spiro atoms. The lowest BCUT2D eigenvalue weighted by Gasteiger charge is -2.44. The zero-order chi connectivity index (χ0) is 28.3. The molecule has 38 heavy (non-hydrogen) atoms. The van der Waals surface area contributed by atoms with Crippen LogP contribution in [-0.4, -0.2) is 18.4 Å². The lowest BCUT2D eigenvalue weighted by atomic mass is 9.74. The van der Waals surface area contributed by atoms with Gasteiger partial charge >= 0.3 is 6.18 Å². The van der Waals surface area contributed by atoms with Crippen molar-refractivity contribution in [2.24, 2.45) is 5.41 Å². The Kier molecular flexibility index (Phi) is 8.25. The number of alkyl halides is 3. The molecule has 1 aromatic heterocycles. The second-order valence-corrected chi connectivity index (χ2v) is 19.3. The van der Waals surface area contributed by atoms with Crippen LogP contribution in [0.3, 0.4) is 0 Å². The first-order valence-electron chi connectivity index (χ1n) is 13.7. The monoisotopic (exact) mass is 659 g/mol. The van der Waals surface area contributed by atoms with E-state index in [0.29, 0.717) is 5.56 Å². The molecule has 0 amide bonds. The average Bonchev–Trinajstić information content (AvgIpc) is 3.30. The normalized spacial score (nSPS) is 21.4. The molecule has 0 bridgehead atoms. The molecule has 0 saturated heterocycles. The Morgan fingerprint density at radius 2 is 1.66 bits per heavy atom. The van der Waals surface area contributed by atoms with Crippen LogP contribution in [0.2, 0.25) is 18.1 Å². The second-order valence-electron chi connectivity index (χ2n) is 13.5. The average molecular weight is 660 g/mol. The summed E-state index contributed by atoms with van der Waals surface area (Å²) < 4.78 is 47.6. The predicted molar refractivity (Wildman–Crippen MR) is 157 cm³/mol. The Bertz CT molecular complexity index is 1170. The molecule has 2 aliphatic carbocycles. The number of pyridine rings is 1. The van der Waals surface area contributed by atoms with E-state index in [9.17, 15) is 18.3 Å². The Labute approximate surface area is 240 Å². The largest absolute Gasteiger partial charge is 0.416 e. The smallest absolute Gasteiger partial charge is 0.410 e. The molecule has 1 aromatic carbocycles. The molecule has 0 aliphatic heterocycles. The highest BCUT2D eigenvalue weighted by atomic mass is 127. The summed E-state index contributed by atoms with van der Waals surface area (Å²) in [6.07, 6.45) is 0.378. The minimum Gasteiger partial charge on any atom is -0.410 e. The van der Waals surface area contributed by atoms with Crippen molar-refractivity contribution in [3.63, 3.8) is 0 Å². The molecule has 0 unspecified atom stereocenters. The van der Waals surface area contributed by atoms with Crippen molar-refractivity contribution in [1.82, 2.24) is 4.98 Å². The van der Waals surface area contributed by atoms with Crippen LogP contribution < -0.4 is 0 Å². The van der Waals surface area contributed by atoms with Crippen LogP contribution in [0.1, 0.15) is 118 Å². The van der Waals surface area contributed by atoms with Gasteiger partial charge in [0.05, 0.1) is 17.4 Å². The number of rotatable bonds is 5. The highest BCUT2D eigenvalue weighted by molar-refractivity contribution is 14.1. The van der Waals surface area contributed by atoms with E-state index in [1.807, 2.05) is 0 Å². The van der Waals surface area contributed by atoms with E-state index in [1.54, 1.807) is 0 Å². The first kappa shape index (κ1) is 30.0. The first-order valence-corrected chi connectivity index (χ1v) is 17.6. The maximum Gasteiger partial charge on any atom is 0.416 e. The molecule has 1 saturated carbocycles. The minimum atomic E-state index is -4.42. The number of nitrogens with zero attached hydrogens (tertiary/aromatic N) is 1. The van der Waals surface area contributed by atoms with E-state index in [-0.39, 0.29) is 22.5 Å². The van der Waals surface area contributed by atoms with Crippen molar-refractivity contribution >= 4 is 30.9 Å². The number of fused-ring (bicyclic) bond motifs is 1. The van der Waals surface area contributed by atoms with Gasteiger partial charge in [0.15, 0.2) is 8.32 Å². The lowest BCUT2D eigenvalue weighted by Crippen LogP contribution is -2.44. The third-order valence-corrected chi connectivity index (χ3v) is 14.5. The molecule has 1 N–H and O–H groups in total. The summed E-state index contributed by atoms with van der Waals surface area (Å²) in [5, 5.41) is 11.7. The topological polar surface area (TPSA) is 42.4 Å². The standard InChI is InChI=1S/C30H41F3INO2Si/c1-28(2,3)38(6,7)37-22-17-29(4,5)16-21-23(22)25(34)24(26(35-21)18-10-8-9-11-18)27(36)19-12-14-20(15-13-19)30(31,32)33/h12-15,18,22,27,36H,8-11,16-17H2,1-7H3/t22-,27-/m0/s1. The van der Waals surface area contributed by atoms with Gasteiger partial charge in [0.2, 0.25) is 0 Å². The Morgan fingerprint density at radius 1 is 1.08 bits per heavy atom. The molecule has 4 rings (SSSR count). The fraction of sp³-hybridized carbons (Fsp3) is 0.633. The Hall–Kier alpha value is -0.973. The first-order chi connectivity index (χ1) is 17.4. The summed E-state index contributed by atoms with van der Waals surface area (Å²) in [7, 11) is -2.12. The third-order valence-electron chi connectivity index (χ3n) is 8.83. The van der Waals surface area contributed by atoms with Crippen LogP contribution in [0.4, 0.5) is 13.2 Å². The molecule has 2 aromatic rings. The van der Waals surface area contributed by atoms with Gasteiger partial charge in [-0.15, -0.1) is 0 Å². The summed E-state index contributed by atoms with van der Waals surface area (Å²) in [4.78, 5) is 5.29. The van der Waals surface area contributed by atoms with E-state index in [4.69, 9.17) is 9.41 Å². The van der Waals surface area contributed by atoms with Gasteiger partial charge in [-0.05, 0) is 89.5 Å². The highest BCUT2D eigenvalue weighted by Gasteiger charge is 2.45. The van der Waals surface area contributed by atoms with Gasteiger partial charge in [-0.25, -0.2) is 0 Å². The van der Waals surface area contributed by atoms with Gasteiger partial charge in [-0.1, -0.05) is 59.6 Å². The van der Waals surface area contributed by atoms with Gasteiger partial charge in [0, 0.05) is 26.3 Å². The van der Waals surface area contributed by atoms with E-state index in [1.165, 1.54) is 12.1 Å². The summed E-state index contributed by atoms with van der Waals surface area (Å²) >= 11 is 2.35. The second kappa shape index (κ2) is 10.5. The molecule has 0 radical (unpaired) electrons. The molecular formula is C30H41F3INO2Si.